The van der Waals surface area contributed by atoms with Crippen LogP contribution in [-0.4, -0.2) is 46.5 Å². The summed E-state index contributed by atoms with van der Waals surface area (Å²) >= 11 is 0. The number of esters is 3. The van der Waals surface area contributed by atoms with Crippen LogP contribution in [0.3, 0.4) is 0 Å². The monoisotopic (exact) mass is 1090 g/mol. The Balaban J connectivity index is 0.000000110. The van der Waals surface area contributed by atoms with Gasteiger partial charge in [0.2, 0.25) is 0 Å². The number of benzene rings is 9. The Hall–Kier alpha value is -9.11. The van der Waals surface area contributed by atoms with Gasteiger partial charge >= 0.3 is 26.7 Å². The lowest BCUT2D eigenvalue weighted by Gasteiger charge is -2.36. The second-order valence-electron chi connectivity index (χ2n) is 19.5. The Morgan fingerprint density at radius 2 is 0.494 bits per heavy atom. The van der Waals surface area contributed by atoms with E-state index in [1.807, 2.05) is 246 Å². The zero-order valence-corrected chi connectivity index (χ0v) is 46.0. The van der Waals surface area contributed by atoms with Crippen LogP contribution in [0, 0.1) is 0 Å². The molecule has 9 aromatic rings. The number of para-hydroxylation sites is 6. The molecule has 81 heavy (non-hydrogen) atoms. The fourth-order valence-electron chi connectivity index (χ4n) is 11.8. The summed E-state index contributed by atoms with van der Waals surface area (Å²) in [4.78, 5) is 37.5. The number of carbonyl (C=O) groups is 3. The molecule has 3 spiro atoms. The molecule has 0 atom stereocenters. The van der Waals surface area contributed by atoms with Crippen LogP contribution >= 0.6 is 0 Å². The van der Waals surface area contributed by atoms with E-state index in [2.05, 4.69) is 0 Å². The van der Waals surface area contributed by atoms with E-state index in [1.54, 1.807) is 0 Å². The molecule has 15 rings (SSSR count). The highest BCUT2D eigenvalue weighted by Crippen LogP contribution is 2.59. The molecule has 9 aromatic carbocycles. The largest absolute Gasteiger partial charge is 0.500 e. The van der Waals surface area contributed by atoms with E-state index in [-0.39, 0.29) is 17.9 Å². The normalized spacial score (nSPS) is 15.5. The fourth-order valence-corrected chi connectivity index (χ4v) is 14.0. The predicted molar refractivity (Wildman–Crippen MR) is 305 cm³/mol. The molecule has 0 aromatic heterocycles. The van der Waals surface area contributed by atoms with Crippen molar-refractivity contribution in [2.75, 3.05) is 19.8 Å². The quantitative estimate of drug-likeness (QED) is 0.0854. The summed E-state index contributed by atoms with van der Waals surface area (Å²) in [7, 11) is -2.27. The first-order valence-electron chi connectivity index (χ1n) is 27.2. The van der Waals surface area contributed by atoms with Crippen molar-refractivity contribution < 1.29 is 56.1 Å². The van der Waals surface area contributed by atoms with Gasteiger partial charge in [-0.15, -0.1) is 0 Å². The summed E-state index contributed by atoms with van der Waals surface area (Å²) in [6, 6.07) is 69.9. The van der Waals surface area contributed by atoms with Crippen molar-refractivity contribution in [2.45, 2.75) is 50.5 Å². The lowest BCUT2D eigenvalue weighted by atomic mass is 9.78. The van der Waals surface area contributed by atoms with Gasteiger partial charge in [0.15, 0.2) is 16.8 Å². The molecule has 0 N–H and O–H groups in total. The molecule has 0 radical (unpaired) electrons. The van der Waals surface area contributed by atoms with Crippen LogP contribution < -0.4 is 14.2 Å². The third-order valence-electron chi connectivity index (χ3n) is 15.1. The Labute approximate surface area is 470 Å². The third kappa shape index (κ3) is 8.59. The second kappa shape index (κ2) is 21.5. The van der Waals surface area contributed by atoms with Gasteiger partial charge in [-0.05, 0) is 75.4 Å². The molecular formula is C68H56O12Si. The number of hydrogen-bond acceptors (Lipinski definition) is 12. The van der Waals surface area contributed by atoms with Crippen LogP contribution in [0.2, 0.25) is 6.04 Å². The van der Waals surface area contributed by atoms with Gasteiger partial charge < -0.3 is 41.7 Å². The Kier molecular flexibility index (Phi) is 14.0. The molecule has 13 heteroatoms. The highest BCUT2D eigenvalue weighted by molar-refractivity contribution is 6.60. The number of hydrogen-bond donors (Lipinski definition) is 0. The van der Waals surface area contributed by atoms with E-state index in [9.17, 15) is 14.4 Å². The SMILES string of the molecule is CCO[Si](CC)(OCC)OCC.O=C1OC2(c3ccccc3Oc3ccccc32)c2ccccc21.O=C1OC2(c3ccccc3Oc3ccccc32)c2ccccc21.O=C1OC2(c3ccccc3Oc3ccccc32)c2ccccc21. The lowest BCUT2D eigenvalue weighted by molar-refractivity contribution is 0.0214. The molecule has 0 saturated heterocycles. The van der Waals surface area contributed by atoms with Gasteiger partial charge in [-0.1, -0.05) is 171 Å². The first kappa shape index (κ1) is 52.6. The van der Waals surface area contributed by atoms with E-state index in [4.69, 9.17) is 41.7 Å². The standard InChI is InChI=1S/3C20H12O3.C8H20O3Si/c3*21-19-13-7-1-2-8-14(13)20(23-19)15-9-3-5-11-17(15)22-18-12-6-4-10-16(18)20;1-5-9-12(8-4,10-6-2)11-7-3/h3*1-12H;5-8H2,1-4H3. The predicted octanol–water partition coefficient (Wildman–Crippen LogP) is 14.8. The van der Waals surface area contributed by atoms with Gasteiger partial charge in [0.25, 0.3) is 0 Å². The van der Waals surface area contributed by atoms with Gasteiger partial charge in [-0.25, -0.2) is 14.4 Å². The van der Waals surface area contributed by atoms with Crippen LogP contribution in [0.15, 0.2) is 218 Å². The van der Waals surface area contributed by atoms with Crippen LogP contribution in [0.1, 0.15) is 109 Å². The molecular weight excluding hydrogens is 1040 g/mol. The molecule has 6 aliphatic heterocycles. The van der Waals surface area contributed by atoms with Gasteiger partial charge in [0, 0.05) is 75.9 Å². The Morgan fingerprint density at radius 1 is 0.296 bits per heavy atom. The zero-order valence-electron chi connectivity index (χ0n) is 45.0. The molecule has 404 valence electrons. The minimum Gasteiger partial charge on any atom is -0.456 e. The van der Waals surface area contributed by atoms with Gasteiger partial charge in [-0.2, -0.15) is 0 Å². The second-order valence-corrected chi connectivity index (χ2v) is 22.4. The van der Waals surface area contributed by atoms with Crippen molar-refractivity contribution in [2.24, 2.45) is 0 Å². The highest BCUT2D eigenvalue weighted by Gasteiger charge is 2.56. The van der Waals surface area contributed by atoms with Crippen LogP contribution in [-0.2, 0) is 44.3 Å². The molecule has 6 heterocycles. The Bertz CT molecular complexity index is 3360. The maximum absolute atomic E-state index is 12.5. The van der Waals surface area contributed by atoms with Gasteiger partial charge in [-0.3, -0.25) is 0 Å². The summed E-state index contributed by atoms with van der Waals surface area (Å²) in [6.45, 7) is 9.95. The molecule has 0 saturated carbocycles. The minimum atomic E-state index is -2.27. The minimum absolute atomic E-state index is 0.299. The number of ether oxygens (including phenoxy) is 6. The summed E-state index contributed by atoms with van der Waals surface area (Å²) in [5.41, 5.74) is 6.79. The average molecular weight is 1090 g/mol. The topological polar surface area (TPSA) is 134 Å². The lowest BCUT2D eigenvalue weighted by Crippen LogP contribution is -2.45. The molecule has 0 aliphatic carbocycles. The molecule has 6 aliphatic rings. The van der Waals surface area contributed by atoms with Crippen molar-refractivity contribution in [1.29, 1.82) is 0 Å². The van der Waals surface area contributed by atoms with Crippen molar-refractivity contribution in [3.63, 3.8) is 0 Å². The van der Waals surface area contributed by atoms with Crippen molar-refractivity contribution >= 4 is 26.7 Å². The van der Waals surface area contributed by atoms with Crippen LogP contribution in [0.4, 0.5) is 0 Å². The number of carbonyl (C=O) groups excluding carboxylic acids is 3. The molecule has 0 bridgehead atoms. The molecule has 0 amide bonds. The zero-order chi connectivity index (χ0) is 55.8. The van der Waals surface area contributed by atoms with Crippen molar-refractivity contribution in [1.82, 2.24) is 0 Å². The summed E-state index contributed by atoms with van der Waals surface area (Å²) < 4.78 is 52.7. The maximum Gasteiger partial charge on any atom is 0.500 e. The van der Waals surface area contributed by atoms with Crippen molar-refractivity contribution in [3.8, 4) is 34.5 Å². The summed E-state index contributed by atoms with van der Waals surface area (Å²) in [5.74, 6) is 3.41. The molecule has 0 unspecified atom stereocenters. The first-order chi connectivity index (χ1) is 39.7. The van der Waals surface area contributed by atoms with Crippen molar-refractivity contribution in [3.05, 3.63) is 285 Å². The smallest absolute Gasteiger partial charge is 0.456 e. The van der Waals surface area contributed by atoms with E-state index in [0.29, 0.717) is 36.5 Å². The average Bonchev–Trinajstić information content (AvgIpc) is 3.00. The third-order valence-corrected chi connectivity index (χ3v) is 18.2. The van der Waals surface area contributed by atoms with Gasteiger partial charge in [0.05, 0.1) is 16.7 Å². The molecule has 0 fully saturated rings. The number of rotatable bonds is 7. The first-order valence-corrected chi connectivity index (χ1v) is 29.1. The number of fused-ring (bicyclic) bond motifs is 18. The van der Waals surface area contributed by atoms with Gasteiger partial charge in [0.1, 0.15) is 34.5 Å². The van der Waals surface area contributed by atoms with E-state index < -0.39 is 25.6 Å². The highest BCUT2D eigenvalue weighted by atomic mass is 28.4. The van der Waals surface area contributed by atoms with Crippen LogP contribution in [0.25, 0.3) is 0 Å². The van der Waals surface area contributed by atoms with E-state index in [1.165, 1.54) is 0 Å². The van der Waals surface area contributed by atoms with E-state index >= 15 is 0 Å². The summed E-state index contributed by atoms with van der Waals surface area (Å²) in [5, 5.41) is 0. The van der Waals surface area contributed by atoms with E-state index in [0.717, 1.165) is 90.6 Å². The fraction of sp³-hybridized carbons (Fsp3) is 0.162. The maximum atomic E-state index is 12.5. The summed E-state index contributed by atoms with van der Waals surface area (Å²) in [6.07, 6.45) is 0. The molecule has 12 nitrogen and oxygen atoms in total. The van der Waals surface area contributed by atoms with Crippen LogP contribution in [0.5, 0.6) is 34.5 Å². The Morgan fingerprint density at radius 3 is 0.704 bits per heavy atom.